The number of carboxylic acids is 1. The van der Waals surface area contributed by atoms with Crippen molar-refractivity contribution in [3.05, 3.63) is 77.1 Å². The molecule has 0 spiro atoms. The van der Waals surface area contributed by atoms with E-state index in [0.29, 0.717) is 5.69 Å². The second-order valence-corrected chi connectivity index (χ2v) is 7.45. The lowest BCUT2D eigenvalue weighted by atomic mass is 9.98. The van der Waals surface area contributed by atoms with Crippen molar-refractivity contribution < 1.29 is 19.4 Å². The highest BCUT2D eigenvalue weighted by atomic mass is 16.5. The number of nitrogens with zero attached hydrogens (tertiary/aromatic N) is 2. The van der Waals surface area contributed by atoms with Crippen LogP contribution < -0.4 is 5.32 Å². The molecule has 1 atom stereocenters. The number of fused-ring (bicyclic) bond motifs is 3. The highest BCUT2D eigenvalue weighted by Crippen LogP contribution is 2.44. The van der Waals surface area contributed by atoms with Crippen LogP contribution in [0.1, 0.15) is 40.9 Å². The molecule has 0 saturated heterocycles. The van der Waals surface area contributed by atoms with Gasteiger partial charge in [0, 0.05) is 18.7 Å². The van der Waals surface area contributed by atoms with E-state index < -0.39 is 18.1 Å². The van der Waals surface area contributed by atoms with E-state index in [2.05, 4.69) is 22.5 Å². The summed E-state index contributed by atoms with van der Waals surface area (Å²) < 4.78 is 7.18. The minimum absolute atomic E-state index is 0.0573. The van der Waals surface area contributed by atoms with Crippen molar-refractivity contribution in [2.45, 2.75) is 25.3 Å². The van der Waals surface area contributed by atoms with Crippen LogP contribution >= 0.6 is 0 Å². The van der Waals surface area contributed by atoms with Crippen LogP contribution in [-0.2, 0) is 16.6 Å². The van der Waals surface area contributed by atoms with Gasteiger partial charge in [-0.3, -0.25) is 9.48 Å². The number of amides is 1. The van der Waals surface area contributed by atoms with Crippen molar-refractivity contribution in [2.75, 3.05) is 6.61 Å². The van der Waals surface area contributed by atoms with Crippen LogP contribution in [-0.4, -0.2) is 33.6 Å². The van der Waals surface area contributed by atoms with Gasteiger partial charge in [0.05, 0.1) is 18.2 Å². The molecule has 2 N–H and O–H groups in total. The number of alkyl carbamates (subject to hydrolysis) is 1. The standard InChI is InChI=1S/C23H23N3O4/c1-14-11-21(25-26(14)2)20(12-22(27)28)24-23(29)30-13-19-17-9-5-3-7-15(17)16-8-4-6-10-18(16)19/h3-11,19-20H,12-13H2,1-2H3,(H,24,29)(H,27,28)/t20-/m1/s1. The van der Waals surface area contributed by atoms with E-state index >= 15 is 0 Å². The summed E-state index contributed by atoms with van der Waals surface area (Å²) in [6.45, 7) is 2.03. The van der Waals surface area contributed by atoms with E-state index in [1.807, 2.05) is 43.3 Å². The van der Waals surface area contributed by atoms with Crippen LogP contribution in [0.3, 0.4) is 0 Å². The molecule has 1 amide bonds. The zero-order valence-electron chi connectivity index (χ0n) is 16.8. The van der Waals surface area contributed by atoms with Gasteiger partial charge in [-0.2, -0.15) is 5.10 Å². The van der Waals surface area contributed by atoms with Gasteiger partial charge in [0.2, 0.25) is 0 Å². The average Bonchev–Trinajstić information content (AvgIpc) is 3.23. The number of ether oxygens (including phenoxy) is 1. The minimum atomic E-state index is -1.03. The molecule has 1 aromatic heterocycles. The molecule has 1 heterocycles. The molecule has 0 bridgehead atoms. The number of benzene rings is 2. The zero-order valence-corrected chi connectivity index (χ0v) is 16.8. The molecule has 0 aliphatic heterocycles. The summed E-state index contributed by atoms with van der Waals surface area (Å²) in [6.07, 6.45) is -0.938. The fraction of sp³-hybridized carbons (Fsp3) is 0.261. The fourth-order valence-electron chi connectivity index (χ4n) is 3.95. The van der Waals surface area contributed by atoms with E-state index in [-0.39, 0.29) is 18.9 Å². The summed E-state index contributed by atoms with van der Waals surface area (Å²) in [6, 6.07) is 17.2. The predicted octanol–water partition coefficient (Wildman–Crippen LogP) is 3.78. The van der Waals surface area contributed by atoms with Crippen LogP contribution in [0.2, 0.25) is 0 Å². The Balaban J connectivity index is 1.48. The Bertz CT molecular complexity index is 1040. The van der Waals surface area contributed by atoms with Crippen molar-refractivity contribution in [3.8, 4) is 11.1 Å². The van der Waals surface area contributed by atoms with Crippen molar-refractivity contribution in [2.24, 2.45) is 7.05 Å². The highest BCUT2D eigenvalue weighted by Gasteiger charge is 2.29. The number of aryl methyl sites for hydroxylation is 2. The third-order valence-corrected chi connectivity index (χ3v) is 5.50. The first-order valence-electron chi connectivity index (χ1n) is 9.78. The molecule has 0 saturated carbocycles. The lowest BCUT2D eigenvalue weighted by Gasteiger charge is -2.17. The molecule has 1 aliphatic rings. The van der Waals surface area contributed by atoms with E-state index in [4.69, 9.17) is 4.74 Å². The van der Waals surface area contributed by atoms with Crippen molar-refractivity contribution in [3.63, 3.8) is 0 Å². The van der Waals surface area contributed by atoms with E-state index in [1.165, 1.54) is 0 Å². The number of carboxylic acid groups (broad SMARTS) is 1. The van der Waals surface area contributed by atoms with Gasteiger partial charge in [0.1, 0.15) is 6.61 Å². The number of aliphatic carboxylic acids is 1. The molecular weight excluding hydrogens is 382 g/mol. The van der Waals surface area contributed by atoms with Gasteiger partial charge >= 0.3 is 12.1 Å². The van der Waals surface area contributed by atoms with Crippen molar-refractivity contribution in [1.82, 2.24) is 15.1 Å². The molecular formula is C23H23N3O4. The molecule has 3 aromatic rings. The second kappa shape index (κ2) is 8.02. The second-order valence-electron chi connectivity index (χ2n) is 7.45. The van der Waals surface area contributed by atoms with E-state index in [0.717, 1.165) is 27.9 Å². The number of nitrogens with one attached hydrogen (secondary N) is 1. The normalized spacial score (nSPS) is 13.4. The molecule has 2 aromatic carbocycles. The summed E-state index contributed by atoms with van der Waals surface area (Å²) in [5.41, 5.74) is 5.90. The maximum absolute atomic E-state index is 12.5. The Labute approximate surface area is 174 Å². The van der Waals surface area contributed by atoms with Gasteiger partial charge in [-0.15, -0.1) is 0 Å². The summed E-state index contributed by atoms with van der Waals surface area (Å²) >= 11 is 0. The van der Waals surface area contributed by atoms with Crippen LogP contribution in [0.15, 0.2) is 54.6 Å². The van der Waals surface area contributed by atoms with Gasteiger partial charge in [-0.1, -0.05) is 48.5 Å². The molecule has 30 heavy (non-hydrogen) atoms. The van der Waals surface area contributed by atoms with Gasteiger partial charge in [-0.05, 0) is 35.2 Å². The Morgan fingerprint density at radius 3 is 2.27 bits per heavy atom. The quantitative estimate of drug-likeness (QED) is 0.651. The maximum Gasteiger partial charge on any atom is 0.407 e. The SMILES string of the molecule is Cc1cc([C@@H](CC(=O)O)NC(=O)OCC2c3ccccc3-c3ccccc32)nn1C. The summed E-state index contributed by atoms with van der Waals surface area (Å²) in [7, 11) is 1.77. The lowest BCUT2D eigenvalue weighted by molar-refractivity contribution is -0.137. The van der Waals surface area contributed by atoms with Crippen molar-refractivity contribution in [1.29, 1.82) is 0 Å². The largest absolute Gasteiger partial charge is 0.481 e. The Morgan fingerprint density at radius 2 is 1.73 bits per heavy atom. The molecule has 0 fully saturated rings. The highest BCUT2D eigenvalue weighted by molar-refractivity contribution is 5.79. The molecule has 0 unspecified atom stereocenters. The summed E-state index contributed by atoms with van der Waals surface area (Å²) in [4.78, 5) is 23.8. The number of carbonyl (C=O) groups is 2. The average molecular weight is 405 g/mol. The third kappa shape index (κ3) is 3.78. The first-order chi connectivity index (χ1) is 14.4. The number of hydrogen-bond donors (Lipinski definition) is 2. The number of hydrogen-bond acceptors (Lipinski definition) is 4. The Hall–Kier alpha value is -3.61. The number of carbonyl (C=O) groups excluding carboxylic acids is 1. The zero-order chi connectivity index (χ0) is 21.3. The first-order valence-corrected chi connectivity index (χ1v) is 9.78. The smallest absolute Gasteiger partial charge is 0.407 e. The molecule has 7 nitrogen and oxygen atoms in total. The molecule has 4 rings (SSSR count). The molecule has 154 valence electrons. The van der Waals surface area contributed by atoms with Crippen molar-refractivity contribution >= 4 is 12.1 Å². The van der Waals surface area contributed by atoms with Crippen LogP contribution in [0.5, 0.6) is 0 Å². The fourth-order valence-corrected chi connectivity index (χ4v) is 3.95. The Morgan fingerprint density at radius 1 is 1.13 bits per heavy atom. The van der Waals surface area contributed by atoms with Gasteiger partial charge in [0.25, 0.3) is 0 Å². The molecule has 0 radical (unpaired) electrons. The third-order valence-electron chi connectivity index (χ3n) is 5.50. The van der Waals surface area contributed by atoms with Crippen LogP contribution in [0, 0.1) is 6.92 Å². The molecule has 1 aliphatic carbocycles. The topological polar surface area (TPSA) is 93.5 Å². The number of aromatic nitrogens is 2. The first kappa shape index (κ1) is 19.7. The minimum Gasteiger partial charge on any atom is -0.481 e. The summed E-state index contributed by atoms with van der Waals surface area (Å²) in [5, 5.41) is 16.2. The number of rotatable bonds is 6. The Kier molecular flexibility index (Phi) is 5.27. The molecule has 7 heteroatoms. The summed E-state index contributed by atoms with van der Waals surface area (Å²) in [5.74, 6) is -1.08. The van der Waals surface area contributed by atoms with Crippen LogP contribution in [0.4, 0.5) is 4.79 Å². The van der Waals surface area contributed by atoms with Gasteiger partial charge in [-0.25, -0.2) is 4.79 Å². The predicted molar refractivity (Wildman–Crippen MR) is 111 cm³/mol. The van der Waals surface area contributed by atoms with Gasteiger partial charge < -0.3 is 15.2 Å². The van der Waals surface area contributed by atoms with E-state index in [9.17, 15) is 14.7 Å². The van der Waals surface area contributed by atoms with Gasteiger partial charge in [0.15, 0.2) is 0 Å². The van der Waals surface area contributed by atoms with Crippen LogP contribution in [0.25, 0.3) is 11.1 Å². The lowest BCUT2D eigenvalue weighted by Crippen LogP contribution is -2.32. The monoisotopic (exact) mass is 405 g/mol. The van der Waals surface area contributed by atoms with E-state index in [1.54, 1.807) is 17.8 Å². The maximum atomic E-state index is 12.5.